The lowest BCUT2D eigenvalue weighted by molar-refractivity contribution is -0.131. The Morgan fingerprint density at radius 2 is 1.81 bits per heavy atom. The van der Waals surface area contributed by atoms with E-state index in [-0.39, 0.29) is 5.91 Å². The first-order valence-corrected chi connectivity index (χ1v) is 10.3. The van der Waals surface area contributed by atoms with E-state index in [0.717, 1.165) is 34.1 Å². The molecule has 31 heavy (non-hydrogen) atoms. The molecule has 1 aliphatic heterocycles. The Morgan fingerprint density at radius 3 is 2.55 bits per heavy atom. The van der Waals surface area contributed by atoms with Gasteiger partial charge in [-0.25, -0.2) is 4.68 Å². The zero-order valence-corrected chi connectivity index (χ0v) is 17.7. The summed E-state index contributed by atoms with van der Waals surface area (Å²) in [6.45, 7) is 3.15. The highest BCUT2D eigenvalue weighted by Crippen LogP contribution is 2.31. The maximum Gasteiger partial charge on any atom is 0.227 e. The van der Waals surface area contributed by atoms with Crippen molar-refractivity contribution in [3.8, 4) is 17.3 Å². The van der Waals surface area contributed by atoms with Gasteiger partial charge in [-0.2, -0.15) is 5.10 Å². The Hall–Kier alpha value is -3.80. The molecule has 0 spiro atoms. The van der Waals surface area contributed by atoms with E-state index < -0.39 is 0 Å². The number of amides is 1. The number of methoxy groups -OCH3 is 1. The Morgan fingerprint density at radius 1 is 1.03 bits per heavy atom. The van der Waals surface area contributed by atoms with Gasteiger partial charge in [-0.15, -0.1) is 0 Å². The molecule has 2 aromatic heterocycles. The molecule has 2 aromatic carbocycles. The molecular formula is C25H24N4O2. The highest BCUT2D eigenvalue weighted by molar-refractivity contribution is 5.79. The molecule has 1 amide bonds. The number of rotatable bonds is 5. The molecule has 0 saturated heterocycles. The zero-order chi connectivity index (χ0) is 21.4. The number of hydrogen-bond donors (Lipinski definition) is 0. The van der Waals surface area contributed by atoms with Crippen LogP contribution in [0.4, 0.5) is 0 Å². The van der Waals surface area contributed by atoms with Crippen molar-refractivity contribution in [3.63, 3.8) is 0 Å². The third-order valence-electron chi connectivity index (χ3n) is 5.70. The fourth-order valence-electron chi connectivity index (χ4n) is 4.05. The maximum atomic E-state index is 13.0. The van der Waals surface area contributed by atoms with E-state index >= 15 is 0 Å². The number of benzene rings is 2. The normalized spacial score (nSPS) is 12.8. The Balaban J connectivity index is 1.44. The SMILES string of the molecule is COc1cccc(CC(=O)N2Cc3nn(-c4ccc(C)cc4)c(-n4cccc4)c3C2)c1. The molecule has 0 atom stereocenters. The van der Waals surface area contributed by atoms with Crippen LogP contribution in [0.15, 0.2) is 73.1 Å². The molecule has 0 saturated carbocycles. The summed E-state index contributed by atoms with van der Waals surface area (Å²) in [5.74, 6) is 1.84. The van der Waals surface area contributed by atoms with Gasteiger partial charge in [0.05, 0.1) is 38.0 Å². The smallest absolute Gasteiger partial charge is 0.227 e. The van der Waals surface area contributed by atoms with Gasteiger partial charge in [-0.1, -0.05) is 29.8 Å². The van der Waals surface area contributed by atoms with E-state index in [1.54, 1.807) is 7.11 Å². The van der Waals surface area contributed by atoms with E-state index in [0.29, 0.717) is 19.5 Å². The largest absolute Gasteiger partial charge is 0.497 e. The molecule has 0 unspecified atom stereocenters. The first kappa shape index (κ1) is 19.2. The lowest BCUT2D eigenvalue weighted by Gasteiger charge is -2.18. The van der Waals surface area contributed by atoms with Crippen LogP contribution in [0.25, 0.3) is 11.5 Å². The number of nitrogens with zero attached hydrogens (tertiary/aromatic N) is 4. The molecule has 156 valence electrons. The maximum absolute atomic E-state index is 13.0. The molecule has 3 heterocycles. The Labute approximate surface area is 181 Å². The molecule has 6 nitrogen and oxygen atoms in total. The van der Waals surface area contributed by atoms with Crippen molar-refractivity contribution in [1.29, 1.82) is 0 Å². The number of aryl methyl sites for hydroxylation is 1. The van der Waals surface area contributed by atoms with Crippen molar-refractivity contribution < 1.29 is 9.53 Å². The van der Waals surface area contributed by atoms with E-state index in [4.69, 9.17) is 9.84 Å². The summed E-state index contributed by atoms with van der Waals surface area (Å²) < 4.78 is 9.33. The van der Waals surface area contributed by atoms with E-state index in [1.165, 1.54) is 5.56 Å². The number of ether oxygens (including phenoxy) is 1. The minimum atomic E-state index is 0.0894. The summed E-state index contributed by atoms with van der Waals surface area (Å²) >= 11 is 0. The first-order valence-electron chi connectivity index (χ1n) is 10.3. The molecule has 0 bridgehead atoms. The average molecular weight is 412 g/mol. The summed E-state index contributed by atoms with van der Waals surface area (Å²) in [4.78, 5) is 14.9. The first-order chi connectivity index (χ1) is 15.1. The Bertz CT molecular complexity index is 1220. The predicted molar refractivity (Wildman–Crippen MR) is 119 cm³/mol. The van der Waals surface area contributed by atoms with Gasteiger partial charge in [0.25, 0.3) is 0 Å². The third-order valence-corrected chi connectivity index (χ3v) is 5.70. The minimum absolute atomic E-state index is 0.0894. The molecule has 1 aliphatic rings. The van der Waals surface area contributed by atoms with Gasteiger partial charge in [0.1, 0.15) is 11.6 Å². The molecule has 6 heteroatoms. The van der Waals surface area contributed by atoms with Crippen LogP contribution < -0.4 is 4.74 Å². The average Bonchev–Trinajstić information content (AvgIpc) is 3.50. The van der Waals surface area contributed by atoms with Crippen LogP contribution in [0, 0.1) is 6.92 Å². The molecule has 0 fully saturated rings. The number of fused-ring (bicyclic) bond motifs is 1. The van der Waals surface area contributed by atoms with Crippen LogP contribution in [-0.2, 0) is 24.3 Å². The molecule has 4 aromatic rings. The quantitative estimate of drug-likeness (QED) is 0.497. The van der Waals surface area contributed by atoms with Crippen LogP contribution >= 0.6 is 0 Å². The van der Waals surface area contributed by atoms with Crippen LogP contribution in [0.3, 0.4) is 0 Å². The topological polar surface area (TPSA) is 52.3 Å². The third kappa shape index (κ3) is 3.61. The van der Waals surface area contributed by atoms with Crippen molar-refractivity contribution in [2.24, 2.45) is 0 Å². The molecule has 0 radical (unpaired) electrons. The van der Waals surface area contributed by atoms with E-state index in [1.807, 2.05) is 58.4 Å². The zero-order valence-electron chi connectivity index (χ0n) is 17.7. The van der Waals surface area contributed by atoms with Gasteiger partial charge >= 0.3 is 0 Å². The predicted octanol–water partition coefficient (Wildman–Crippen LogP) is 4.06. The van der Waals surface area contributed by atoms with Crippen molar-refractivity contribution >= 4 is 5.91 Å². The van der Waals surface area contributed by atoms with Crippen molar-refractivity contribution in [2.45, 2.75) is 26.4 Å². The fourth-order valence-corrected chi connectivity index (χ4v) is 4.05. The van der Waals surface area contributed by atoms with Crippen molar-refractivity contribution in [2.75, 3.05) is 7.11 Å². The number of hydrogen-bond acceptors (Lipinski definition) is 3. The van der Waals surface area contributed by atoms with E-state index in [9.17, 15) is 4.79 Å². The van der Waals surface area contributed by atoms with Crippen LogP contribution in [0.1, 0.15) is 22.4 Å². The van der Waals surface area contributed by atoms with Gasteiger partial charge in [0, 0.05) is 18.0 Å². The summed E-state index contributed by atoms with van der Waals surface area (Å²) in [5, 5.41) is 4.90. The lowest BCUT2D eigenvalue weighted by atomic mass is 10.1. The van der Waals surface area contributed by atoms with Crippen LogP contribution in [0.2, 0.25) is 0 Å². The van der Waals surface area contributed by atoms with Gasteiger partial charge in [0.2, 0.25) is 5.91 Å². The van der Waals surface area contributed by atoms with Gasteiger partial charge < -0.3 is 14.2 Å². The van der Waals surface area contributed by atoms with Crippen LogP contribution in [-0.4, -0.2) is 32.3 Å². The van der Waals surface area contributed by atoms with Crippen LogP contribution in [0.5, 0.6) is 5.75 Å². The van der Waals surface area contributed by atoms with Crippen molar-refractivity contribution in [1.82, 2.24) is 19.2 Å². The molecule has 0 aliphatic carbocycles. The summed E-state index contributed by atoms with van der Waals surface area (Å²) in [7, 11) is 1.63. The minimum Gasteiger partial charge on any atom is -0.497 e. The van der Waals surface area contributed by atoms with Crippen molar-refractivity contribution in [3.05, 3.63) is 95.4 Å². The second-order valence-electron chi connectivity index (χ2n) is 7.86. The molecular weight excluding hydrogens is 388 g/mol. The lowest BCUT2D eigenvalue weighted by Crippen LogP contribution is -2.27. The molecule has 0 N–H and O–H groups in total. The monoisotopic (exact) mass is 412 g/mol. The fraction of sp³-hybridized carbons (Fsp3) is 0.200. The summed E-state index contributed by atoms with van der Waals surface area (Å²) in [6.07, 6.45) is 4.38. The van der Waals surface area contributed by atoms with Gasteiger partial charge in [-0.3, -0.25) is 4.79 Å². The number of aromatic nitrogens is 3. The standard InChI is InChI=1S/C25H24N4O2/c1-18-8-10-20(11-9-18)29-25(27-12-3-4-13-27)22-16-28(17-23(22)26-29)24(30)15-19-6-5-7-21(14-19)31-2/h3-14H,15-17H2,1-2H3. The summed E-state index contributed by atoms with van der Waals surface area (Å²) in [6, 6.07) is 20.0. The molecule has 5 rings (SSSR count). The number of carbonyl (C=O) groups excluding carboxylic acids is 1. The number of carbonyl (C=O) groups is 1. The van der Waals surface area contributed by atoms with E-state index in [2.05, 4.69) is 35.8 Å². The van der Waals surface area contributed by atoms with Gasteiger partial charge in [-0.05, 0) is 48.9 Å². The Kier molecular flexibility index (Phi) is 4.82. The second-order valence-corrected chi connectivity index (χ2v) is 7.86. The highest BCUT2D eigenvalue weighted by atomic mass is 16.5. The highest BCUT2D eigenvalue weighted by Gasteiger charge is 2.31. The summed E-state index contributed by atoms with van der Waals surface area (Å²) in [5.41, 5.74) is 5.21. The second kappa shape index (κ2) is 7.80. The van der Waals surface area contributed by atoms with Gasteiger partial charge in [0.15, 0.2) is 0 Å².